The first-order chi connectivity index (χ1) is 19.5. The van der Waals surface area contributed by atoms with E-state index < -0.39 is 29.4 Å². The minimum absolute atomic E-state index is 0.0496. The van der Waals surface area contributed by atoms with Crippen molar-refractivity contribution in [3.8, 4) is 22.9 Å². The SMILES string of the molecule is C=CCc1cc(C=Nn2c(-c3cccc(C(F)(F)F)c3)nc3ccccc3c2=O)cc(OCC)c1O[C@@H](C)C(=O)O. The number of aliphatic carboxylic acids is 1. The second kappa shape index (κ2) is 12.1. The highest BCUT2D eigenvalue weighted by molar-refractivity contribution is 5.83. The smallest absolute Gasteiger partial charge is 0.416 e. The Morgan fingerprint density at radius 3 is 2.61 bits per heavy atom. The average Bonchev–Trinajstić information content (AvgIpc) is 2.94. The molecule has 0 unspecified atom stereocenters. The number of halogens is 3. The van der Waals surface area contributed by atoms with Crippen LogP contribution in [0.15, 0.2) is 83.2 Å². The summed E-state index contributed by atoms with van der Waals surface area (Å²) in [5.74, 6) is -0.757. The van der Waals surface area contributed by atoms with Crippen molar-refractivity contribution in [2.24, 2.45) is 5.10 Å². The van der Waals surface area contributed by atoms with Crippen molar-refractivity contribution in [3.63, 3.8) is 0 Å². The van der Waals surface area contributed by atoms with Gasteiger partial charge in [0.05, 0.1) is 29.3 Å². The summed E-state index contributed by atoms with van der Waals surface area (Å²) >= 11 is 0. The molecule has 0 aliphatic heterocycles. The topological polar surface area (TPSA) is 103 Å². The molecule has 1 N–H and O–H groups in total. The molecule has 41 heavy (non-hydrogen) atoms. The fourth-order valence-electron chi connectivity index (χ4n) is 4.07. The van der Waals surface area contributed by atoms with E-state index in [1.165, 1.54) is 25.3 Å². The highest BCUT2D eigenvalue weighted by atomic mass is 19.4. The van der Waals surface area contributed by atoms with Crippen molar-refractivity contribution in [1.29, 1.82) is 0 Å². The number of ether oxygens (including phenoxy) is 2. The molecule has 1 heterocycles. The van der Waals surface area contributed by atoms with Crippen molar-refractivity contribution >= 4 is 23.1 Å². The van der Waals surface area contributed by atoms with Gasteiger partial charge in [-0.05, 0) is 62.2 Å². The van der Waals surface area contributed by atoms with Gasteiger partial charge in [-0.1, -0.05) is 30.3 Å². The van der Waals surface area contributed by atoms with Crippen molar-refractivity contribution in [3.05, 3.63) is 100 Å². The third-order valence-corrected chi connectivity index (χ3v) is 5.98. The summed E-state index contributed by atoms with van der Waals surface area (Å²) in [5.41, 5.74) is -0.107. The highest BCUT2D eigenvalue weighted by Crippen LogP contribution is 2.35. The molecule has 0 amide bonds. The summed E-state index contributed by atoms with van der Waals surface area (Å²) in [6.07, 6.45) is -2.51. The zero-order valence-corrected chi connectivity index (χ0v) is 22.2. The Bertz CT molecular complexity index is 1700. The maximum atomic E-state index is 13.5. The highest BCUT2D eigenvalue weighted by Gasteiger charge is 2.31. The van der Waals surface area contributed by atoms with E-state index in [1.54, 1.807) is 49.4 Å². The molecule has 4 aromatic rings. The number of hydrogen-bond donors (Lipinski definition) is 1. The summed E-state index contributed by atoms with van der Waals surface area (Å²) in [6.45, 7) is 7.13. The lowest BCUT2D eigenvalue weighted by Gasteiger charge is -2.18. The number of carboxylic acid groups (broad SMARTS) is 1. The van der Waals surface area contributed by atoms with Gasteiger partial charge in [0, 0.05) is 11.1 Å². The molecule has 0 aliphatic rings. The van der Waals surface area contributed by atoms with Gasteiger partial charge in [-0.15, -0.1) is 6.58 Å². The lowest BCUT2D eigenvalue weighted by atomic mass is 10.1. The molecule has 4 rings (SSSR count). The first-order valence-electron chi connectivity index (χ1n) is 12.6. The van der Waals surface area contributed by atoms with Crippen LogP contribution in [0.25, 0.3) is 22.3 Å². The van der Waals surface area contributed by atoms with E-state index in [9.17, 15) is 27.9 Å². The number of para-hydroxylation sites is 1. The maximum Gasteiger partial charge on any atom is 0.416 e. The van der Waals surface area contributed by atoms with Crippen LogP contribution in [-0.2, 0) is 17.4 Å². The van der Waals surface area contributed by atoms with Crippen molar-refractivity contribution in [1.82, 2.24) is 9.66 Å². The Morgan fingerprint density at radius 1 is 1.17 bits per heavy atom. The van der Waals surface area contributed by atoms with Crippen LogP contribution in [0.4, 0.5) is 13.2 Å². The Balaban J connectivity index is 1.89. The van der Waals surface area contributed by atoms with Gasteiger partial charge >= 0.3 is 12.1 Å². The minimum Gasteiger partial charge on any atom is -0.490 e. The Morgan fingerprint density at radius 2 is 1.93 bits per heavy atom. The lowest BCUT2D eigenvalue weighted by molar-refractivity contribution is -0.144. The second-order valence-corrected chi connectivity index (χ2v) is 8.92. The van der Waals surface area contributed by atoms with Gasteiger partial charge in [-0.25, -0.2) is 9.78 Å². The van der Waals surface area contributed by atoms with E-state index in [0.717, 1.165) is 16.8 Å². The van der Waals surface area contributed by atoms with Gasteiger partial charge in [-0.2, -0.15) is 22.9 Å². The third-order valence-electron chi connectivity index (χ3n) is 5.98. The standard InChI is InChI=1S/C30H26F3N3O5/c1-4-9-20-14-19(15-25(40-5-2)26(20)41-18(3)29(38)39)17-34-36-27(21-10-8-11-22(16-21)30(31,32)33)35-24-13-7-6-12-23(24)28(36)37/h4,6-8,10-18H,1,5,9H2,2-3H3,(H,38,39)/t18-/m0/s1. The molecule has 0 saturated heterocycles. The number of benzene rings is 3. The molecule has 212 valence electrons. The molecule has 0 radical (unpaired) electrons. The number of aromatic nitrogens is 2. The molecular formula is C30H26F3N3O5. The summed E-state index contributed by atoms with van der Waals surface area (Å²) in [4.78, 5) is 29.4. The number of carbonyl (C=O) groups is 1. The molecule has 0 spiro atoms. The quantitative estimate of drug-likeness (QED) is 0.189. The van der Waals surface area contributed by atoms with Crippen LogP contribution in [0.2, 0.25) is 0 Å². The first-order valence-corrected chi connectivity index (χ1v) is 12.6. The molecule has 1 aromatic heterocycles. The van der Waals surface area contributed by atoms with Crippen LogP contribution in [0.3, 0.4) is 0 Å². The molecular weight excluding hydrogens is 539 g/mol. The van der Waals surface area contributed by atoms with Crippen LogP contribution < -0.4 is 15.0 Å². The zero-order valence-electron chi connectivity index (χ0n) is 22.2. The Hall–Kier alpha value is -4.93. The molecule has 1 atom stereocenters. The summed E-state index contributed by atoms with van der Waals surface area (Å²) < 4.78 is 52.7. The number of hydrogen-bond acceptors (Lipinski definition) is 6. The minimum atomic E-state index is -4.60. The summed E-state index contributed by atoms with van der Waals surface area (Å²) in [6, 6.07) is 14.2. The number of carboxylic acids is 1. The predicted molar refractivity (Wildman–Crippen MR) is 149 cm³/mol. The average molecular weight is 566 g/mol. The van der Waals surface area contributed by atoms with Gasteiger partial charge in [-0.3, -0.25) is 4.79 Å². The van der Waals surface area contributed by atoms with Gasteiger partial charge < -0.3 is 14.6 Å². The van der Waals surface area contributed by atoms with Crippen LogP contribution >= 0.6 is 0 Å². The number of alkyl halides is 3. The molecule has 0 saturated carbocycles. The maximum absolute atomic E-state index is 13.5. The van der Waals surface area contributed by atoms with E-state index in [4.69, 9.17) is 9.47 Å². The summed E-state index contributed by atoms with van der Waals surface area (Å²) in [7, 11) is 0. The Kier molecular flexibility index (Phi) is 8.56. The third kappa shape index (κ3) is 6.46. The summed E-state index contributed by atoms with van der Waals surface area (Å²) in [5, 5.41) is 13.9. The second-order valence-electron chi connectivity index (χ2n) is 8.92. The molecule has 11 heteroatoms. The van der Waals surface area contributed by atoms with Gasteiger partial charge in [0.25, 0.3) is 5.56 Å². The van der Waals surface area contributed by atoms with E-state index in [1.807, 2.05) is 0 Å². The number of fused-ring (bicyclic) bond motifs is 1. The number of allylic oxidation sites excluding steroid dienone is 1. The van der Waals surface area contributed by atoms with Gasteiger partial charge in [0.15, 0.2) is 23.4 Å². The van der Waals surface area contributed by atoms with E-state index in [-0.39, 0.29) is 34.9 Å². The molecule has 8 nitrogen and oxygen atoms in total. The van der Waals surface area contributed by atoms with Crippen molar-refractivity contribution < 1.29 is 32.5 Å². The Labute approximate surface area is 233 Å². The largest absolute Gasteiger partial charge is 0.490 e. The van der Waals surface area contributed by atoms with Crippen molar-refractivity contribution in [2.75, 3.05) is 6.61 Å². The predicted octanol–water partition coefficient (Wildman–Crippen LogP) is 5.94. The van der Waals surface area contributed by atoms with E-state index >= 15 is 0 Å². The van der Waals surface area contributed by atoms with E-state index in [2.05, 4.69) is 16.7 Å². The van der Waals surface area contributed by atoms with Crippen LogP contribution in [0.5, 0.6) is 11.5 Å². The van der Waals surface area contributed by atoms with Crippen molar-refractivity contribution in [2.45, 2.75) is 32.5 Å². The number of rotatable bonds is 10. The first kappa shape index (κ1) is 29.1. The van der Waals surface area contributed by atoms with E-state index in [0.29, 0.717) is 23.1 Å². The lowest BCUT2D eigenvalue weighted by Crippen LogP contribution is -2.24. The van der Waals surface area contributed by atoms with Gasteiger partial charge in [0.2, 0.25) is 0 Å². The fourth-order valence-corrected chi connectivity index (χ4v) is 4.07. The zero-order chi connectivity index (χ0) is 29.7. The molecule has 3 aromatic carbocycles. The van der Waals surface area contributed by atoms with Crippen LogP contribution in [-0.4, -0.2) is 39.7 Å². The molecule has 0 aliphatic carbocycles. The number of nitrogens with zero attached hydrogens (tertiary/aromatic N) is 3. The fraction of sp³-hybridized carbons (Fsp3) is 0.200. The monoisotopic (exact) mass is 565 g/mol. The van der Waals surface area contributed by atoms with Crippen LogP contribution in [0.1, 0.15) is 30.5 Å². The molecule has 0 bridgehead atoms. The molecule has 0 fully saturated rings. The van der Waals surface area contributed by atoms with Crippen LogP contribution in [0, 0.1) is 0 Å². The van der Waals surface area contributed by atoms with Gasteiger partial charge in [0.1, 0.15) is 0 Å². The normalized spacial score (nSPS) is 12.4.